The monoisotopic (exact) mass is 250 g/mol. The lowest BCUT2D eigenvalue weighted by Gasteiger charge is -2.38. The summed E-state index contributed by atoms with van der Waals surface area (Å²) in [5.41, 5.74) is 0.871. The van der Waals surface area contributed by atoms with Crippen LogP contribution in [-0.2, 0) is 4.74 Å². The maximum atomic E-state index is 5.72. The molecule has 1 aromatic heterocycles. The number of morpholine rings is 1. The van der Waals surface area contributed by atoms with Crippen molar-refractivity contribution in [1.82, 2.24) is 9.97 Å². The second kappa shape index (κ2) is 5.10. The van der Waals surface area contributed by atoms with Gasteiger partial charge in [0.25, 0.3) is 0 Å². The van der Waals surface area contributed by atoms with Gasteiger partial charge in [0.15, 0.2) is 0 Å². The van der Waals surface area contributed by atoms with Gasteiger partial charge in [-0.1, -0.05) is 0 Å². The largest absolute Gasteiger partial charge is 0.372 e. The van der Waals surface area contributed by atoms with Gasteiger partial charge in [-0.2, -0.15) is 4.98 Å². The molecule has 1 fully saturated rings. The molecule has 5 nitrogen and oxygen atoms in total. The molecule has 0 aliphatic carbocycles. The van der Waals surface area contributed by atoms with Crippen LogP contribution >= 0.6 is 0 Å². The second-order valence-corrected chi connectivity index (χ2v) is 5.25. The highest BCUT2D eigenvalue weighted by Gasteiger charge is 2.28. The highest BCUT2D eigenvalue weighted by Crippen LogP contribution is 2.22. The predicted octanol–water partition coefficient (Wildman–Crippen LogP) is 1.83. The standard InChI is InChI=1S/C13H22N4O/c1-5-14-12-15-10(2)8-11(16-12)17-6-7-18-13(3,4)9-17/h8H,5-7,9H2,1-4H3,(H,14,15,16). The lowest BCUT2D eigenvalue weighted by molar-refractivity contribution is -0.0279. The van der Waals surface area contributed by atoms with Gasteiger partial charge in [-0.15, -0.1) is 0 Å². The number of aryl methyl sites for hydroxylation is 1. The number of hydrogen-bond donors (Lipinski definition) is 1. The predicted molar refractivity (Wildman–Crippen MR) is 73.2 cm³/mol. The fourth-order valence-electron chi connectivity index (χ4n) is 2.16. The zero-order chi connectivity index (χ0) is 13.2. The number of anilines is 2. The molecule has 0 radical (unpaired) electrons. The molecule has 100 valence electrons. The molecule has 18 heavy (non-hydrogen) atoms. The van der Waals surface area contributed by atoms with Gasteiger partial charge < -0.3 is 15.0 Å². The van der Waals surface area contributed by atoms with E-state index in [-0.39, 0.29) is 5.60 Å². The van der Waals surface area contributed by atoms with E-state index in [9.17, 15) is 0 Å². The molecule has 2 rings (SSSR count). The number of hydrogen-bond acceptors (Lipinski definition) is 5. The molecule has 0 aromatic carbocycles. The molecule has 0 amide bonds. The van der Waals surface area contributed by atoms with Crippen molar-refractivity contribution >= 4 is 11.8 Å². The van der Waals surface area contributed by atoms with Crippen LogP contribution < -0.4 is 10.2 Å². The molecular formula is C13H22N4O. The van der Waals surface area contributed by atoms with Gasteiger partial charge >= 0.3 is 0 Å². The van der Waals surface area contributed by atoms with Gasteiger partial charge in [0.05, 0.1) is 12.2 Å². The van der Waals surface area contributed by atoms with E-state index >= 15 is 0 Å². The average Bonchev–Trinajstić information content (AvgIpc) is 2.27. The summed E-state index contributed by atoms with van der Waals surface area (Å²) in [6.07, 6.45) is 0. The van der Waals surface area contributed by atoms with Crippen molar-refractivity contribution in [3.8, 4) is 0 Å². The maximum absolute atomic E-state index is 5.72. The van der Waals surface area contributed by atoms with E-state index in [1.54, 1.807) is 0 Å². The van der Waals surface area contributed by atoms with Crippen LogP contribution in [0.5, 0.6) is 0 Å². The molecule has 1 aromatic rings. The molecule has 1 saturated heterocycles. The lowest BCUT2D eigenvalue weighted by atomic mass is 10.1. The summed E-state index contributed by atoms with van der Waals surface area (Å²) in [5, 5.41) is 3.17. The first-order valence-corrected chi connectivity index (χ1v) is 6.48. The van der Waals surface area contributed by atoms with Crippen molar-refractivity contribution in [2.45, 2.75) is 33.3 Å². The molecule has 0 saturated carbocycles. The number of rotatable bonds is 3. The Labute approximate surface area is 109 Å². The molecule has 1 aliphatic rings. The average molecular weight is 250 g/mol. The Hall–Kier alpha value is -1.36. The van der Waals surface area contributed by atoms with Crippen molar-refractivity contribution in [3.05, 3.63) is 11.8 Å². The van der Waals surface area contributed by atoms with Crippen LogP contribution in [0.3, 0.4) is 0 Å². The van der Waals surface area contributed by atoms with Gasteiger partial charge in [-0.3, -0.25) is 0 Å². The Bertz CT molecular complexity index is 419. The van der Waals surface area contributed by atoms with E-state index in [0.29, 0.717) is 5.95 Å². The quantitative estimate of drug-likeness (QED) is 0.887. The summed E-state index contributed by atoms with van der Waals surface area (Å²) >= 11 is 0. The van der Waals surface area contributed by atoms with Crippen LogP contribution in [0, 0.1) is 6.92 Å². The summed E-state index contributed by atoms with van der Waals surface area (Å²) in [5.74, 6) is 1.69. The van der Waals surface area contributed by atoms with Crippen molar-refractivity contribution in [3.63, 3.8) is 0 Å². The number of ether oxygens (including phenoxy) is 1. The first-order chi connectivity index (χ1) is 8.50. The summed E-state index contributed by atoms with van der Waals surface area (Å²) < 4.78 is 5.72. The highest BCUT2D eigenvalue weighted by molar-refractivity contribution is 5.45. The molecule has 0 atom stereocenters. The van der Waals surface area contributed by atoms with Crippen LogP contribution in [0.2, 0.25) is 0 Å². The smallest absolute Gasteiger partial charge is 0.224 e. The molecule has 0 unspecified atom stereocenters. The first kappa shape index (κ1) is 13.1. The fourth-order valence-corrected chi connectivity index (χ4v) is 2.16. The van der Waals surface area contributed by atoms with Gasteiger partial charge in [0.1, 0.15) is 5.82 Å². The fraction of sp³-hybridized carbons (Fsp3) is 0.692. The highest BCUT2D eigenvalue weighted by atomic mass is 16.5. The van der Waals surface area contributed by atoms with E-state index < -0.39 is 0 Å². The minimum Gasteiger partial charge on any atom is -0.372 e. The summed E-state index contributed by atoms with van der Waals surface area (Å²) in [6, 6.07) is 2.03. The van der Waals surface area contributed by atoms with Gasteiger partial charge in [-0.25, -0.2) is 4.98 Å². The third-order valence-electron chi connectivity index (χ3n) is 2.93. The minimum absolute atomic E-state index is 0.116. The Kier molecular flexibility index (Phi) is 3.71. The molecule has 5 heteroatoms. The molecule has 0 bridgehead atoms. The molecule has 1 aliphatic heterocycles. The van der Waals surface area contributed by atoms with Crippen LogP contribution in [0.1, 0.15) is 26.5 Å². The topological polar surface area (TPSA) is 50.3 Å². The maximum Gasteiger partial charge on any atom is 0.224 e. The van der Waals surface area contributed by atoms with E-state index in [2.05, 4.69) is 34.0 Å². The van der Waals surface area contributed by atoms with E-state index in [4.69, 9.17) is 4.74 Å². The van der Waals surface area contributed by atoms with E-state index in [1.165, 1.54) is 0 Å². The molecule has 2 heterocycles. The summed E-state index contributed by atoms with van der Waals surface area (Å²) in [7, 11) is 0. The Morgan fingerprint density at radius 2 is 2.22 bits per heavy atom. The van der Waals surface area contributed by atoms with E-state index in [0.717, 1.165) is 37.8 Å². The lowest BCUT2D eigenvalue weighted by Crippen LogP contribution is -2.48. The van der Waals surface area contributed by atoms with Crippen molar-refractivity contribution in [1.29, 1.82) is 0 Å². The van der Waals surface area contributed by atoms with Crippen LogP contribution in [0.15, 0.2) is 6.07 Å². The zero-order valence-corrected chi connectivity index (χ0v) is 11.7. The second-order valence-electron chi connectivity index (χ2n) is 5.25. The molecule has 0 spiro atoms. The number of nitrogens with zero attached hydrogens (tertiary/aromatic N) is 3. The SMILES string of the molecule is CCNc1nc(C)cc(N2CCOC(C)(C)C2)n1. The van der Waals surface area contributed by atoms with Gasteiger partial charge in [0, 0.05) is 31.4 Å². The molecule has 1 N–H and O–H groups in total. The Morgan fingerprint density at radius 1 is 1.44 bits per heavy atom. The number of nitrogens with one attached hydrogen (secondary N) is 1. The number of aromatic nitrogens is 2. The minimum atomic E-state index is -0.116. The van der Waals surface area contributed by atoms with Crippen molar-refractivity contribution in [2.24, 2.45) is 0 Å². The zero-order valence-electron chi connectivity index (χ0n) is 11.7. The third kappa shape index (κ3) is 3.10. The normalized spacial score (nSPS) is 18.8. The van der Waals surface area contributed by atoms with Crippen molar-refractivity contribution in [2.75, 3.05) is 36.5 Å². The Morgan fingerprint density at radius 3 is 2.89 bits per heavy atom. The van der Waals surface area contributed by atoms with Crippen molar-refractivity contribution < 1.29 is 4.74 Å². The van der Waals surface area contributed by atoms with Crippen LogP contribution in [0.4, 0.5) is 11.8 Å². The van der Waals surface area contributed by atoms with E-state index in [1.807, 2.05) is 19.9 Å². The first-order valence-electron chi connectivity index (χ1n) is 6.48. The van der Waals surface area contributed by atoms with Crippen LogP contribution in [0.25, 0.3) is 0 Å². The van der Waals surface area contributed by atoms with Gasteiger partial charge in [-0.05, 0) is 27.7 Å². The summed E-state index contributed by atoms with van der Waals surface area (Å²) in [6.45, 7) is 11.6. The Balaban J connectivity index is 2.21. The van der Waals surface area contributed by atoms with Crippen LogP contribution in [-0.4, -0.2) is 41.8 Å². The summed E-state index contributed by atoms with van der Waals surface area (Å²) in [4.78, 5) is 11.2. The van der Waals surface area contributed by atoms with Gasteiger partial charge in [0.2, 0.25) is 5.95 Å². The molecular weight excluding hydrogens is 228 g/mol. The third-order valence-corrected chi connectivity index (χ3v) is 2.93.